The van der Waals surface area contributed by atoms with Gasteiger partial charge >= 0.3 is 5.97 Å². The summed E-state index contributed by atoms with van der Waals surface area (Å²) < 4.78 is 12.3. The van der Waals surface area contributed by atoms with E-state index in [1.165, 1.54) is 0 Å². The number of aromatic nitrogens is 2. The van der Waals surface area contributed by atoms with Gasteiger partial charge in [0.2, 0.25) is 0 Å². The van der Waals surface area contributed by atoms with Crippen molar-refractivity contribution in [1.29, 1.82) is 0 Å². The van der Waals surface area contributed by atoms with E-state index in [1.54, 1.807) is 10.9 Å². The predicted octanol–water partition coefficient (Wildman–Crippen LogP) is 3.63. The van der Waals surface area contributed by atoms with Gasteiger partial charge in [-0.25, -0.2) is 9.48 Å². The highest BCUT2D eigenvalue weighted by molar-refractivity contribution is 5.97. The normalized spacial score (nSPS) is 10.8. The van der Waals surface area contributed by atoms with E-state index in [4.69, 9.17) is 9.47 Å². The van der Waals surface area contributed by atoms with E-state index in [1.807, 2.05) is 74.5 Å². The zero-order valence-electron chi connectivity index (χ0n) is 17.8. The largest absolute Gasteiger partial charge is 0.452 e. The van der Waals surface area contributed by atoms with Gasteiger partial charge in [0.25, 0.3) is 5.91 Å². The molecule has 1 amide bonds. The first-order chi connectivity index (χ1) is 15.0. The van der Waals surface area contributed by atoms with Crippen molar-refractivity contribution in [2.45, 2.75) is 26.4 Å². The fraction of sp³-hybridized carbons (Fsp3) is 0.292. The first-order valence-electron chi connectivity index (χ1n) is 10.3. The Kier molecular flexibility index (Phi) is 7.95. The molecule has 2 aromatic carbocycles. The minimum atomic E-state index is -0.598. The average Bonchev–Trinajstić information content (AvgIpc) is 3.24. The fourth-order valence-electron chi connectivity index (χ4n) is 2.92. The van der Waals surface area contributed by atoms with Gasteiger partial charge in [0, 0.05) is 24.9 Å². The van der Waals surface area contributed by atoms with Gasteiger partial charge in [0.15, 0.2) is 6.61 Å². The third-order valence-corrected chi connectivity index (χ3v) is 4.43. The molecule has 0 aliphatic rings. The molecule has 162 valence electrons. The SMILES string of the molecule is CC(C)OCCCNC(=O)COC(=O)c1cn(-c2ccccc2)nc1-c1ccccc1. The number of nitrogens with zero attached hydrogens (tertiary/aromatic N) is 2. The molecule has 0 saturated carbocycles. The van der Waals surface area contributed by atoms with Crippen LogP contribution in [0.1, 0.15) is 30.6 Å². The van der Waals surface area contributed by atoms with Crippen LogP contribution in [0, 0.1) is 0 Å². The molecular formula is C24H27N3O4. The summed E-state index contributed by atoms with van der Waals surface area (Å²) in [5.74, 6) is -0.950. The second-order valence-corrected chi connectivity index (χ2v) is 7.24. The quantitative estimate of drug-likeness (QED) is 0.399. The summed E-state index contributed by atoms with van der Waals surface area (Å²) >= 11 is 0. The molecule has 3 aromatic rings. The Bertz CT molecular complexity index is 985. The molecule has 7 heteroatoms. The smallest absolute Gasteiger partial charge is 0.342 e. The number of hydrogen-bond donors (Lipinski definition) is 1. The van der Waals surface area contributed by atoms with Crippen LogP contribution in [0.2, 0.25) is 0 Å². The Labute approximate surface area is 182 Å². The first kappa shape index (κ1) is 22.2. The molecule has 0 fully saturated rings. The second-order valence-electron chi connectivity index (χ2n) is 7.24. The zero-order chi connectivity index (χ0) is 22.1. The van der Waals surface area contributed by atoms with E-state index in [-0.39, 0.29) is 18.6 Å². The molecule has 1 N–H and O–H groups in total. The van der Waals surface area contributed by atoms with Crippen LogP contribution in [0.25, 0.3) is 16.9 Å². The molecule has 0 aliphatic carbocycles. The highest BCUT2D eigenvalue weighted by Crippen LogP contribution is 2.24. The number of carbonyl (C=O) groups is 2. The van der Waals surface area contributed by atoms with Crippen LogP contribution in [0.5, 0.6) is 0 Å². The molecular weight excluding hydrogens is 394 g/mol. The Morgan fingerprint density at radius 3 is 2.39 bits per heavy atom. The summed E-state index contributed by atoms with van der Waals surface area (Å²) in [6, 6.07) is 18.9. The van der Waals surface area contributed by atoms with Gasteiger partial charge in [-0.1, -0.05) is 48.5 Å². The molecule has 0 unspecified atom stereocenters. The van der Waals surface area contributed by atoms with Gasteiger partial charge in [0.05, 0.1) is 11.8 Å². The lowest BCUT2D eigenvalue weighted by Crippen LogP contribution is -2.30. The van der Waals surface area contributed by atoms with Crippen molar-refractivity contribution in [3.8, 4) is 16.9 Å². The lowest BCUT2D eigenvalue weighted by Gasteiger charge is -2.08. The van der Waals surface area contributed by atoms with E-state index < -0.39 is 5.97 Å². The van der Waals surface area contributed by atoms with Crippen molar-refractivity contribution in [3.05, 3.63) is 72.4 Å². The van der Waals surface area contributed by atoms with Gasteiger partial charge in [-0.15, -0.1) is 0 Å². The van der Waals surface area contributed by atoms with Crippen LogP contribution in [0.4, 0.5) is 0 Å². The number of esters is 1. The van der Waals surface area contributed by atoms with Crippen LogP contribution in [0.15, 0.2) is 66.9 Å². The van der Waals surface area contributed by atoms with Gasteiger partial charge < -0.3 is 14.8 Å². The van der Waals surface area contributed by atoms with Crippen LogP contribution in [-0.2, 0) is 14.3 Å². The Morgan fingerprint density at radius 1 is 1.03 bits per heavy atom. The molecule has 0 aliphatic heterocycles. The van der Waals surface area contributed by atoms with Crippen LogP contribution >= 0.6 is 0 Å². The predicted molar refractivity (Wildman–Crippen MR) is 118 cm³/mol. The minimum Gasteiger partial charge on any atom is -0.452 e. The van der Waals surface area contributed by atoms with E-state index in [2.05, 4.69) is 10.4 Å². The maximum Gasteiger partial charge on any atom is 0.342 e. The summed E-state index contributed by atoms with van der Waals surface area (Å²) in [6.45, 7) is 4.60. The summed E-state index contributed by atoms with van der Waals surface area (Å²) in [6.07, 6.45) is 2.48. The van der Waals surface area contributed by atoms with E-state index >= 15 is 0 Å². The lowest BCUT2D eigenvalue weighted by molar-refractivity contribution is -0.124. The fourth-order valence-corrected chi connectivity index (χ4v) is 2.92. The Hall–Kier alpha value is -3.45. The van der Waals surface area contributed by atoms with E-state index in [9.17, 15) is 9.59 Å². The number of ether oxygens (including phenoxy) is 2. The monoisotopic (exact) mass is 421 g/mol. The molecule has 0 radical (unpaired) electrons. The van der Waals surface area contributed by atoms with Crippen LogP contribution in [0.3, 0.4) is 0 Å². The van der Waals surface area contributed by atoms with Crippen molar-refractivity contribution in [3.63, 3.8) is 0 Å². The third-order valence-electron chi connectivity index (χ3n) is 4.43. The van der Waals surface area contributed by atoms with Gasteiger partial charge in [-0.2, -0.15) is 5.10 Å². The number of carbonyl (C=O) groups excluding carboxylic acids is 2. The van der Waals surface area contributed by atoms with Gasteiger partial charge in [0.1, 0.15) is 11.3 Å². The summed E-state index contributed by atoms with van der Waals surface area (Å²) in [5, 5.41) is 7.31. The molecule has 3 rings (SSSR count). The van der Waals surface area contributed by atoms with Crippen LogP contribution in [-0.4, -0.2) is 47.5 Å². The van der Waals surface area contributed by atoms with E-state index in [0.717, 1.165) is 11.3 Å². The van der Waals surface area contributed by atoms with Gasteiger partial charge in [-0.05, 0) is 32.4 Å². The summed E-state index contributed by atoms with van der Waals surface area (Å²) in [4.78, 5) is 24.8. The number of rotatable bonds is 10. The molecule has 0 atom stereocenters. The molecule has 0 saturated heterocycles. The standard InChI is InChI=1S/C24H27N3O4/c1-18(2)30-15-9-14-25-22(28)17-31-24(29)21-16-27(20-12-7-4-8-13-20)26-23(21)19-10-5-3-6-11-19/h3-8,10-13,16,18H,9,14-15,17H2,1-2H3,(H,25,28). The zero-order valence-corrected chi connectivity index (χ0v) is 17.8. The van der Waals surface area contributed by atoms with Crippen molar-refractivity contribution in [1.82, 2.24) is 15.1 Å². The number of benzene rings is 2. The van der Waals surface area contributed by atoms with Crippen molar-refractivity contribution < 1.29 is 19.1 Å². The summed E-state index contributed by atoms with van der Waals surface area (Å²) in [7, 11) is 0. The Morgan fingerprint density at radius 2 is 1.71 bits per heavy atom. The Balaban J connectivity index is 1.66. The minimum absolute atomic E-state index is 0.160. The molecule has 31 heavy (non-hydrogen) atoms. The van der Waals surface area contributed by atoms with E-state index in [0.29, 0.717) is 30.8 Å². The lowest BCUT2D eigenvalue weighted by atomic mass is 10.1. The van der Waals surface area contributed by atoms with Crippen LogP contribution < -0.4 is 5.32 Å². The van der Waals surface area contributed by atoms with Crippen molar-refractivity contribution in [2.75, 3.05) is 19.8 Å². The molecule has 1 heterocycles. The number of para-hydroxylation sites is 1. The topological polar surface area (TPSA) is 82.5 Å². The maximum absolute atomic E-state index is 12.8. The van der Waals surface area contributed by atoms with Gasteiger partial charge in [-0.3, -0.25) is 4.79 Å². The first-order valence-corrected chi connectivity index (χ1v) is 10.3. The molecule has 1 aromatic heterocycles. The van der Waals surface area contributed by atoms with Crippen molar-refractivity contribution in [2.24, 2.45) is 0 Å². The number of amides is 1. The third kappa shape index (κ3) is 6.52. The average molecular weight is 421 g/mol. The molecule has 0 spiro atoms. The number of nitrogens with one attached hydrogen (secondary N) is 1. The highest BCUT2D eigenvalue weighted by Gasteiger charge is 2.20. The second kappa shape index (κ2) is 11.1. The summed E-state index contributed by atoms with van der Waals surface area (Å²) in [5.41, 5.74) is 2.41. The highest BCUT2D eigenvalue weighted by atomic mass is 16.5. The maximum atomic E-state index is 12.8. The molecule has 7 nitrogen and oxygen atoms in total. The van der Waals surface area contributed by atoms with Crippen molar-refractivity contribution >= 4 is 11.9 Å². The molecule has 0 bridgehead atoms. The number of hydrogen-bond acceptors (Lipinski definition) is 5.